The third-order valence-corrected chi connectivity index (χ3v) is 6.81. The van der Waals surface area contributed by atoms with E-state index in [-0.39, 0.29) is 17.9 Å². The molecule has 1 N–H and O–H groups in total. The van der Waals surface area contributed by atoms with Crippen molar-refractivity contribution in [3.8, 4) is 11.3 Å². The monoisotopic (exact) mass is 521 g/mol. The molecule has 7 heteroatoms. The van der Waals surface area contributed by atoms with Crippen molar-refractivity contribution in [2.24, 2.45) is 0 Å². The van der Waals surface area contributed by atoms with Crippen molar-refractivity contribution in [3.05, 3.63) is 106 Å². The summed E-state index contributed by atoms with van der Waals surface area (Å²) in [5.74, 6) is 1.08. The lowest BCUT2D eigenvalue weighted by molar-refractivity contribution is 0.439. The predicted octanol–water partition coefficient (Wildman–Crippen LogP) is 6.98. The van der Waals surface area contributed by atoms with Gasteiger partial charge in [-0.1, -0.05) is 25.1 Å². The standard InChI is InChI=1S/C26H21BrFN3OS/c1-2-16-6-9-18(10-7-16)31-25(24(30-26(31)33)21-5-3-4-14-29-21)23-13-12-22(32-23)19-11-8-17(28)15-20(19)27/h3-15,24-25H,2H2,1H3,(H,30,33)/t24-,25+/m1/s1. The number of aromatic nitrogens is 1. The van der Waals surface area contributed by atoms with Crippen molar-refractivity contribution in [1.82, 2.24) is 10.3 Å². The molecule has 5 rings (SSSR count). The number of hydrogen-bond acceptors (Lipinski definition) is 3. The van der Waals surface area contributed by atoms with E-state index in [1.54, 1.807) is 12.3 Å². The summed E-state index contributed by atoms with van der Waals surface area (Å²) >= 11 is 9.21. The zero-order valence-corrected chi connectivity index (χ0v) is 20.2. The number of furan rings is 1. The van der Waals surface area contributed by atoms with Gasteiger partial charge in [-0.2, -0.15) is 0 Å². The summed E-state index contributed by atoms with van der Waals surface area (Å²) in [5, 5.41) is 4.05. The van der Waals surface area contributed by atoms with E-state index in [0.717, 1.165) is 29.1 Å². The molecule has 33 heavy (non-hydrogen) atoms. The largest absolute Gasteiger partial charge is 0.459 e. The predicted molar refractivity (Wildman–Crippen MR) is 136 cm³/mol. The Labute approximate surface area is 205 Å². The number of thiocarbonyl (C=S) groups is 1. The second-order valence-electron chi connectivity index (χ2n) is 7.84. The minimum absolute atomic E-state index is 0.194. The molecule has 4 aromatic rings. The SMILES string of the molecule is CCc1ccc(N2C(=S)N[C@H](c3ccccn3)[C@@H]2c2ccc(-c3ccc(F)cc3Br)o2)cc1. The van der Waals surface area contributed by atoms with Crippen molar-refractivity contribution in [3.63, 3.8) is 0 Å². The molecule has 1 aliphatic rings. The first kappa shape index (κ1) is 21.8. The van der Waals surface area contributed by atoms with Gasteiger partial charge in [0.15, 0.2) is 5.11 Å². The second-order valence-corrected chi connectivity index (χ2v) is 9.08. The number of halogens is 2. The van der Waals surface area contributed by atoms with Gasteiger partial charge in [-0.3, -0.25) is 4.98 Å². The number of hydrogen-bond donors (Lipinski definition) is 1. The van der Waals surface area contributed by atoms with Gasteiger partial charge in [0.1, 0.15) is 23.4 Å². The van der Waals surface area contributed by atoms with Gasteiger partial charge in [0.05, 0.1) is 11.7 Å². The van der Waals surface area contributed by atoms with Crippen LogP contribution in [0.2, 0.25) is 0 Å². The van der Waals surface area contributed by atoms with Gasteiger partial charge < -0.3 is 14.6 Å². The van der Waals surface area contributed by atoms with Crippen LogP contribution in [0.1, 0.15) is 36.0 Å². The third-order valence-electron chi connectivity index (χ3n) is 5.84. The molecule has 166 valence electrons. The van der Waals surface area contributed by atoms with Gasteiger partial charge in [0, 0.05) is 21.9 Å². The van der Waals surface area contributed by atoms with Gasteiger partial charge in [-0.05, 0) is 94.7 Å². The van der Waals surface area contributed by atoms with Crippen LogP contribution in [-0.2, 0) is 6.42 Å². The molecule has 0 radical (unpaired) electrons. The maximum absolute atomic E-state index is 13.6. The Morgan fingerprint density at radius 3 is 2.61 bits per heavy atom. The lowest BCUT2D eigenvalue weighted by Crippen LogP contribution is -2.29. The fourth-order valence-corrected chi connectivity index (χ4v) is 5.05. The van der Waals surface area contributed by atoms with Gasteiger partial charge in [-0.25, -0.2) is 4.39 Å². The molecule has 2 atom stereocenters. The Bertz CT molecular complexity index is 1290. The van der Waals surface area contributed by atoms with E-state index < -0.39 is 0 Å². The van der Waals surface area contributed by atoms with Crippen LogP contribution in [-0.4, -0.2) is 10.1 Å². The van der Waals surface area contributed by atoms with Crippen LogP contribution < -0.4 is 10.2 Å². The quantitative estimate of drug-likeness (QED) is 0.287. The highest BCUT2D eigenvalue weighted by atomic mass is 79.9. The fourth-order valence-electron chi connectivity index (χ4n) is 4.16. The minimum atomic E-state index is -0.306. The first-order valence-corrected chi connectivity index (χ1v) is 11.9. The van der Waals surface area contributed by atoms with Crippen LogP contribution in [0, 0.1) is 5.82 Å². The molecule has 0 bridgehead atoms. The first-order valence-electron chi connectivity index (χ1n) is 10.7. The second kappa shape index (κ2) is 9.08. The topological polar surface area (TPSA) is 41.3 Å². The molecule has 0 spiro atoms. The Morgan fingerprint density at radius 2 is 1.91 bits per heavy atom. The Balaban J connectivity index is 1.59. The van der Waals surface area contributed by atoms with Crippen molar-refractivity contribution < 1.29 is 8.81 Å². The van der Waals surface area contributed by atoms with Crippen molar-refractivity contribution in [1.29, 1.82) is 0 Å². The summed E-state index contributed by atoms with van der Waals surface area (Å²) in [6.45, 7) is 2.13. The Hall–Kier alpha value is -3.03. The summed E-state index contributed by atoms with van der Waals surface area (Å²) in [6.07, 6.45) is 2.75. The lowest BCUT2D eigenvalue weighted by atomic mass is 10.0. The lowest BCUT2D eigenvalue weighted by Gasteiger charge is -2.26. The summed E-state index contributed by atoms with van der Waals surface area (Å²) in [7, 11) is 0. The average molecular weight is 522 g/mol. The van der Waals surface area contributed by atoms with E-state index >= 15 is 0 Å². The molecule has 2 aromatic heterocycles. The summed E-state index contributed by atoms with van der Waals surface area (Å²) in [6, 6.07) is 22.2. The third kappa shape index (κ3) is 4.18. The molecule has 1 aliphatic heterocycles. The van der Waals surface area contributed by atoms with Crippen LogP contribution >= 0.6 is 28.1 Å². The maximum Gasteiger partial charge on any atom is 0.174 e. The number of benzene rings is 2. The van der Waals surface area contributed by atoms with Crippen molar-refractivity contribution >= 4 is 38.9 Å². The smallest absolute Gasteiger partial charge is 0.174 e. The van der Waals surface area contributed by atoms with Crippen molar-refractivity contribution in [2.45, 2.75) is 25.4 Å². The minimum Gasteiger partial charge on any atom is -0.459 e. The van der Waals surface area contributed by atoms with E-state index in [4.69, 9.17) is 16.6 Å². The van der Waals surface area contributed by atoms with Crippen molar-refractivity contribution in [2.75, 3.05) is 4.90 Å². The molecule has 4 nitrogen and oxygen atoms in total. The van der Waals surface area contributed by atoms with Gasteiger partial charge in [-0.15, -0.1) is 0 Å². The van der Waals surface area contributed by atoms with E-state index in [2.05, 4.69) is 62.3 Å². The molecular weight excluding hydrogens is 501 g/mol. The van der Waals surface area contributed by atoms with E-state index in [0.29, 0.717) is 15.3 Å². The number of pyridine rings is 1. The maximum atomic E-state index is 13.6. The molecular formula is C26H21BrFN3OS. The van der Waals surface area contributed by atoms with Crippen LogP contribution in [0.25, 0.3) is 11.3 Å². The molecule has 0 saturated carbocycles. The number of nitrogens with one attached hydrogen (secondary N) is 1. The molecule has 0 aliphatic carbocycles. The van der Waals surface area contributed by atoms with Crippen LogP contribution in [0.3, 0.4) is 0 Å². The zero-order chi connectivity index (χ0) is 22.9. The number of rotatable bonds is 5. The fraction of sp³-hybridized carbons (Fsp3) is 0.154. The number of anilines is 1. The molecule has 0 unspecified atom stereocenters. The molecule has 0 amide bonds. The van der Waals surface area contributed by atoms with Gasteiger partial charge in [0.2, 0.25) is 0 Å². The van der Waals surface area contributed by atoms with Crippen LogP contribution in [0.4, 0.5) is 10.1 Å². The van der Waals surface area contributed by atoms with Gasteiger partial charge in [0.25, 0.3) is 0 Å². The van der Waals surface area contributed by atoms with Crippen LogP contribution in [0.15, 0.2) is 87.9 Å². The summed E-state index contributed by atoms with van der Waals surface area (Å²) < 4.78 is 20.6. The highest BCUT2D eigenvalue weighted by Gasteiger charge is 2.42. The van der Waals surface area contributed by atoms with E-state index in [9.17, 15) is 4.39 Å². The molecule has 1 saturated heterocycles. The number of aryl methyl sites for hydroxylation is 1. The molecule has 3 heterocycles. The first-order chi connectivity index (χ1) is 16.0. The Morgan fingerprint density at radius 1 is 1.09 bits per heavy atom. The summed E-state index contributed by atoms with van der Waals surface area (Å²) in [5.41, 5.74) is 3.90. The normalized spacial score (nSPS) is 17.9. The molecule has 1 fully saturated rings. The van der Waals surface area contributed by atoms with E-state index in [1.165, 1.54) is 17.7 Å². The Kier molecular flexibility index (Phi) is 6.00. The number of nitrogens with zero attached hydrogens (tertiary/aromatic N) is 2. The van der Waals surface area contributed by atoms with Crippen LogP contribution in [0.5, 0.6) is 0 Å². The summed E-state index contributed by atoms with van der Waals surface area (Å²) in [4.78, 5) is 6.66. The highest BCUT2D eigenvalue weighted by molar-refractivity contribution is 9.10. The highest BCUT2D eigenvalue weighted by Crippen LogP contribution is 2.43. The molecule has 2 aromatic carbocycles. The van der Waals surface area contributed by atoms with E-state index in [1.807, 2.05) is 30.3 Å². The average Bonchev–Trinajstić information content (AvgIpc) is 3.44. The van der Waals surface area contributed by atoms with Gasteiger partial charge >= 0.3 is 0 Å². The zero-order valence-electron chi connectivity index (χ0n) is 17.8.